The summed E-state index contributed by atoms with van der Waals surface area (Å²) in [6.07, 6.45) is 1.24. The number of aliphatic carboxylic acids is 1. The predicted molar refractivity (Wildman–Crippen MR) is 84.3 cm³/mol. The lowest BCUT2D eigenvalue weighted by atomic mass is 10.3. The number of carboxylic acids is 1. The van der Waals surface area contributed by atoms with Crippen molar-refractivity contribution in [2.75, 3.05) is 5.32 Å². The fourth-order valence-electron chi connectivity index (χ4n) is 2.17. The smallest absolute Gasteiger partial charge is 0.325 e. The molecule has 0 amide bonds. The second kappa shape index (κ2) is 7.06. The van der Waals surface area contributed by atoms with Gasteiger partial charge in [-0.15, -0.1) is 0 Å². The highest BCUT2D eigenvalue weighted by molar-refractivity contribution is 7.89. The van der Waals surface area contributed by atoms with Gasteiger partial charge in [-0.25, -0.2) is 13.4 Å². The van der Waals surface area contributed by atoms with Gasteiger partial charge in [-0.05, 0) is 46.8 Å². The van der Waals surface area contributed by atoms with Crippen LogP contribution in [0.25, 0.3) is 0 Å². The molecule has 0 unspecified atom stereocenters. The first-order valence-corrected chi connectivity index (χ1v) is 8.50. The molecule has 8 heteroatoms. The average Bonchev–Trinajstić information content (AvgIpc) is 2.37. The van der Waals surface area contributed by atoms with E-state index >= 15 is 0 Å². The quantitative estimate of drug-likeness (QED) is 0.791. The maximum absolute atomic E-state index is 12.6. The number of hydrogen-bond donors (Lipinski definition) is 2. The first kappa shape index (κ1) is 18.4. The van der Waals surface area contributed by atoms with Crippen molar-refractivity contribution in [1.29, 1.82) is 0 Å². The Labute approximate surface area is 131 Å². The maximum atomic E-state index is 12.6. The number of hydrogen-bond acceptors (Lipinski definition) is 5. The van der Waals surface area contributed by atoms with Crippen LogP contribution < -0.4 is 5.32 Å². The van der Waals surface area contributed by atoms with E-state index in [1.54, 1.807) is 0 Å². The number of carboxylic acid groups (broad SMARTS) is 1. The topological polar surface area (TPSA) is 99.6 Å². The van der Waals surface area contributed by atoms with Crippen LogP contribution >= 0.6 is 0 Å². The molecule has 7 nitrogen and oxygen atoms in total. The van der Waals surface area contributed by atoms with Crippen molar-refractivity contribution in [2.24, 2.45) is 0 Å². The molecule has 0 spiro atoms. The molecule has 0 aliphatic carbocycles. The molecule has 1 aromatic heterocycles. The third kappa shape index (κ3) is 4.17. The monoisotopic (exact) mass is 329 g/mol. The molecule has 124 valence electrons. The molecule has 0 fully saturated rings. The summed E-state index contributed by atoms with van der Waals surface area (Å²) < 4.78 is 26.7. The van der Waals surface area contributed by atoms with Gasteiger partial charge in [0, 0.05) is 18.3 Å². The van der Waals surface area contributed by atoms with Crippen LogP contribution in [-0.4, -0.2) is 46.9 Å². The first-order chi connectivity index (χ1) is 10.1. The molecule has 1 aromatic rings. The highest BCUT2D eigenvalue weighted by Gasteiger charge is 2.29. The molecule has 1 atom stereocenters. The SMILES string of the molecule is CC(C)N(C(C)C)S(=O)(=O)c1ccc(N[C@H](C)C(=O)O)nc1. The Kier molecular flexibility index (Phi) is 5.90. The largest absolute Gasteiger partial charge is 0.480 e. The number of anilines is 1. The second-order valence-electron chi connectivity index (χ2n) is 5.61. The highest BCUT2D eigenvalue weighted by atomic mass is 32.2. The number of nitrogens with zero attached hydrogens (tertiary/aromatic N) is 2. The second-order valence-corrected chi connectivity index (χ2v) is 7.45. The minimum absolute atomic E-state index is 0.0865. The molecule has 0 aliphatic rings. The molecule has 1 heterocycles. The van der Waals surface area contributed by atoms with Crippen LogP contribution in [0.5, 0.6) is 0 Å². The number of rotatable bonds is 7. The van der Waals surface area contributed by atoms with E-state index in [4.69, 9.17) is 5.11 Å². The van der Waals surface area contributed by atoms with Gasteiger partial charge in [-0.3, -0.25) is 4.79 Å². The van der Waals surface area contributed by atoms with E-state index in [9.17, 15) is 13.2 Å². The number of carbonyl (C=O) groups is 1. The molecule has 0 saturated carbocycles. The number of aromatic nitrogens is 1. The zero-order valence-corrected chi connectivity index (χ0v) is 14.3. The highest BCUT2D eigenvalue weighted by Crippen LogP contribution is 2.21. The summed E-state index contributed by atoms with van der Waals surface area (Å²) in [5, 5.41) is 11.5. The van der Waals surface area contributed by atoms with Gasteiger partial charge in [0.25, 0.3) is 0 Å². The molecule has 0 aliphatic heterocycles. The van der Waals surface area contributed by atoms with Crippen molar-refractivity contribution in [2.45, 2.75) is 57.6 Å². The molecule has 0 aromatic carbocycles. The maximum Gasteiger partial charge on any atom is 0.325 e. The van der Waals surface area contributed by atoms with Crippen LogP contribution in [0.2, 0.25) is 0 Å². The summed E-state index contributed by atoms with van der Waals surface area (Å²) in [6.45, 7) is 8.74. The lowest BCUT2D eigenvalue weighted by Gasteiger charge is -2.29. The number of pyridine rings is 1. The van der Waals surface area contributed by atoms with E-state index in [-0.39, 0.29) is 17.0 Å². The van der Waals surface area contributed by atoms with Crippen LogP contribution in [0.3, 0.4) is 0 Å². The zero-order chi connectivity index (χ0) is 17.1. The van der Waals surface area contributed by atoms with Crippen LogP contribution in [0.15, 0.2) is 23.2 Å². The normalized spacial score (nSPS) is 13.6. The van der Waals surface area contributed by atoms with Gasteiger partial charge in [0.1, 0.15) is 16.8 Å². The van der Waals surface area contributed by atoms with Crippen molar-refractivity contribution in [3.05, 3.63) is 18.3 Å². The third-order valence-corrected chi connectivity index (χ3v) is 5.30. The minimum Gasteiger partial charge on any atom is -0.480 e. The lowest BCUT2D eigenvalue weighted by Crippen LogP contribution is -2.41. The predicted octanol–water partition coefficient (Wildman–Crippen LogP) is 1.77. The van der Waals surface area contributed by atoms with E-state index in [0.29, 0.717) is 5.82 Å². The summed E-state index contributed by atoms with van der Waals surface area (Å²) in [5.41, 5.74) is 0. The molecular formula is C14H23N3O4S. The molecule has 22 heavy (non-hydrogen) atoms. The first-order valence-electron chi connectivity index (χ1n) is 7.06. The molecular weight excluding hydrogens is 306 g/mol. The Hall–Kier alpha value is -1.67. The molecule has 0 bridgehead atoms. The van der Waals surface area contributed by atoms with Gasteiger partial charge in [0.15, 0.2) is 0 Å². The van der Waals surface area contributed by atoms with Crippen molar-refractivity contribution < 1.29 is 18.3 Å². The van der Waals surface area contributed by atoms with Crippen molar-refractivity contribution >= 4 is 21.8 Å². The Morgan fingerprint density at radius 3 is 2.09 bits per heavy atom. The Balaban J connectivity index is 3.05. The molecule has 2 N–H and O–H groups in total. The Bertz CT molecular complexity index is 603. The third-order valence-electron chi connectivity index (χ3n) is 3.06. The van der Waals surface area contributed by atoms with Gasteiger partial charge in [0.05, 0.1) is 0 Å². The van der Waals surface area contributed by atoms with E-state index < -0.39 is 22.0 Å². The van der Waals surface area contributed by atoms with E-state index in [1.807, 2.05) is 27.7 Å². The van der Waals surface area contributed by atoms with Crippen LogP contribution in [0.1, 0.15) is 34.6 Å². The van der Waals surface area contributed by atoms with Gasteiger partial charge in [0.2, 0.25) is 10.0 Å². The number of sulfonamides is 1. The van der Waals surface area contributed by atoms with E-state index in [0.717, 1.165) is 0 Å². The van der Waals surface area contributed by atoms with Gasteiger partial charge >= 0.3 is 5.97 Å². The van der Waals surface area contributed by atoms with E-state index in [1.165, 1.54) is 29.6 Å². The van der Waals surface area contributed by atoms with Gasteiger partial charge < -0.3 is 10.4 Å². The van der Waals surface area contributed by atoms with Gasteiger partial charge in [-0.2, -0.15) is 4.31 Å². The molecule has 0 saturated heterocycles. The fourth-order valence-corrected chi connectivity index (χ4v) is 3.95. The van der Waals surface area contributed by atoms with E-state index in [2.05, 4.69) is 10.3 Å². The minimum atomic E-state index is -3.63. The molecule has 1 rings (SSSR count). The summed E-state index contributed by atoms with van der Waals surface area (Å²) in [4.78, 5) is 14.9. The van der Waals surface area contributed by atoms with Crippen molar-refractivity contribution in [1.82, 2.24) is 9.29 Å². The summed E-state index contributed by atoms with van der Waals surface area (Å²) >= 11 is 0. The van der Waals surface area contributed by atoms with Crippen LogP contribution in [0, 0.1) is 0 Å². The average molecular weight is 329 g/mol. The standard InChI is InChI=1S/C14H23N3O4S/c1-9(2)17(10(3)4)22(20,21)12-6-7-13(15-8-12)16-11(5)14(18)19/h6-11H,1-5H3,(H,15,16)(H,18,19)/t11-/m1/s1. The fraction of sp³-hybridized carbons (Fsp3) is 0.571. The summed E-state index contributed by atoms with van der Waals surface area (Å²) in [7, 11) is -3.63. The lowest BCUT2D eigenvalue weighted by molar-refractivity contribution is -0.137. The molecule has 0 radical (unpaired) electrons. The Morgan fingerprint density at radius 1 is 1.18 bits per heavy atom. The Morgan fingerprint density at radius 2 is 1.73 bits per heavy atom. The summed E-state index contributed by atoms with van der Waals surface area (Å²) in [5.74, 6) is -0.696. The summed E-state index contributed by atoms with van der Waals surface area (Å²) in [6, 6.07) is 1.74. The van der Waals surface area contributed by atoms with Crippen LogP contribution in [0.4, 0.5) is 5.82 Å². The van der Waals surface area contributed by atoms with Crippen molar-refractivity contribution in [3.8, 4) is 0 Å². The van der Waals surface area contributed by atoms with Gasteiger partial charge in [-0.1, -0.05) is 0 Å². The number of nitrogens with one attached hydrogen (secondary N) is 1. The van der Waals surface area contributed by atoms with Crippen LogP contribution in [-0.2, 0) is 14.8 Å². The zero-order valence-electron chi connectivity index (χ0n) is 13.4. The van der Waals surface area contributed by atoms with Crippen molar-refractivity contribution in [3.63, 3.8) is 0 Å².